The van der Waals surface area contributed by atoms with Crippen molar-refractivity contribution < 1.29 is 4.74 Å². The van der Waals surface area contributed by atoms with Crippen LogP contribution in [0.5, 0.6) is 5.88 Å². The number of rotatable bonds is 7. The zero-order valence-corrected chi connectivity index (χ0v) is 13.4. The number of alkyl halides is 1. The van der Waals surface area contributed by atoms with Gasteiger partial charge in [0.1, 0.15) is 0 Å². The van der Waals surface area contributed by atoms with Crippen LogP contribution in [0.1, 0.15) is 45.2 Å². The standard InChI is InChI=1S/C15H24ClN3O/c1-11(2)20-14-10-12(3)17-15(18-14)19(9-5-8-16)13-6-4-7-13/h10-11,13H,4-9H2,1-3H3. The molecule has 1 aromatic rings. The van der Waals surface area contributed by atoms with Crippen molar-refractivity contribution in [2.75, 3.05) is 17.3 Å². The van der Waals surface area contributed by atoms with Gasteiger partial charge in [-0.05, 0) is 46.5 Å². The summed E-state index contributed by atoms with van der Waals surface area (Å²) >= 11 is 5.84. The Morgan fingerprint density at radius 2 is 2.15 bits per heavy atom. The van der Waals surface area contributed by atoms with Crippen LogP contribution < -0.4 is 9.64 Å². The monoisotopic (exact) mass is 297 g/mol. The molecule has 1 fully saturated rings. The number of hydrogen-bond acceptors (Lipinski definition) is 4. The van der Waals surface area contributed by atoms with E-state index in [4.69, 9.17) is 16.3 Å². The van der Waals surface area contributed by atoms with E-state index >= 15 is 0 Å². The molecule has 4 nitrogen and oxygen atoms in total. The molecule has 2 rings (SSSR count). The number of aromatic nitrogens is 2. The summed E-state index contributed by atoms with van der Waals surface area (Å²) in [5.74, 6) is 2.12. The molecular weight excluding hydrogens is 274 g/mol. The van der Waals surface area contributed by atoms with Crippen LogP contribution in [0, 0.1) is 6.92 Å². The van der Waals surface area contributed by atoms with Gasteiger partial charge in [-0.2, -0.15) is 4.98 Å². The van der Waals surface area contributed by atoms with Crippen LogP contribution in [0.2, 0.25) is 0 Å². The normalized spacial score (nSPS) is 15.2. The van der Waals surface area contributed by atoms with Gasteiger partial charge in [-0.3, -0.25) is 0 Å². The van der Waals surface area contributed by atoms with Crippen LogP contribution in [0.4, 0.5) is 5.95 Å². The maximum absolute atomic E-state index is 5.84. The summed E-state index contributed by atoms with van der Waals surface area (Å²) in [5, 5.41) is 0. The fourth-order valence-corrected chi connectivity index (χ4v) is 2.45. The Morgan fingerprint density at radius 3 is 2.70 bits per heavy atom. The van der Waals surface area contributed by atoms with Crippen molar-refractivity contribution in [3.8, 4) is 5.88 Å². The van der Waals surface area contributed by atoms with E-state index in [1.165, 1.54) is 19.3 Å². The Hall–Kier alpha value is -1.03. The Bertz CT molecular complexity index is 435. The van der Waals surface area contributed by atoms with Crippen LogP contribution in [0.3, 0.4) is 0 Å². The number of nitrogens with zero attached hydrogens (tertiary/aromatic N) is 3. The van der Waals surface area contributed by atoms with E-state index in [1.54, 1.807) is 0 Å². The predicted molar refractivity (Wildman–Crippen MR) is 82.9 cm³/mol. The second kappa shape index (κ2) is 7.11. The van der Waals surface area contributed by atoms with Crippen molar-refractivity contribution in [1.82, 2.24) is 9.97 Å². The topological polar surface area (TPSA) is 38.2 Å². The number of ether oxygens (including phenoxy) is 1. The third-order valence-electron chi connectivity index (χ3n) is 3.48. The summed E-state index contributed by atoms with van der Waals surface area (Å²) in [5.41, 5.74) is 0.945. The highest BCUT2D eigenvalue weighted by Crippen LogP contribution is 2.29. The van der Waals surface area contributed by atoms with Crippen LogP contribution in [0.25, 0.3) is 0 Å². The van der Waals surface area contributed by atoms with Crippen molar-refractivity contribution >= 4 is 17.5 Å². The molecule has 0 saturated heterocycles. The lowest BCUT2D eigenvalue weighted by Crippen LogP contribution is -2.42. The molecule has 0 unspecified atom stereocenters. The zero-order chi connectivity index (χ0) is 14.5. The van der Waals surface area contributed by atoms with E-state index < -0.39 is 0 Å². The number of anilines is 1. The minimum atomic E-state index is 0.122. The Kier molecular flexibility index (Phi) is 5.46. The molecule has 112 valence electrons. The molecule has 0 aliphatic heterocycles. The first-order chi connectivity index (χ1) is 9.60. The summed E-state index contributed by atoms with van der Waals surface area (Å²) < 4.78 is 5.72. The highest BCUT2D eigenvalue weighted by Gasteiger charge is 2.27. The van der Waals surface area contributed by atoms with Crippen molar-refractivity contribution in [2.24, 2.45) is 0 Å². The fraction of sp³-hybridized carbons (Fsp3) is 0.733. The van der Waals surface area contributed by atoms with Crippen LogP contribution >= 0.6 is 11.6 Å². The van der Waals surface area contributed by atoms with Gasteiger partial charge in [-0.15, -0.1) is 11.6 Å². The maximum atomic E-state index is 5.84. The smallest absolute Gasteiger partial charge is 0.229 e. The zero-order valence-electron chi connectivity index (χ0n) is 12.6. The van der Waals surface area contributed by atoms with E-state index in [2.05, 4.69) is 14.9 Å². The van der Waals surface area contributed by atoms with Crippen LogP contribution in [-0.2, 0) is 0 Å². The minimum Gasteiger partial charge on any atom is -0.475 e. The molecule has 0 N–H and O–H groups in total. The van der Waals surface area contributed by atoms with E-state index in [9.17, 15) is 0 Å². The lowest BCUT2D eigenvalue weighted by molar-refractivity contribution is 0.231. The summed E-state index contributed by atoms with van der Waals surface area (Å²) in [7, 11) is 0. The molecule has 5 heteroatoms. The lowest BCUT2D eigenvalue weighted by atomic mass is 9.91. The van der Waals surface area contributed by atoms with Gasteiger partial charge >= 0.3 is 0 Å². The molecule has 20 heavy (non-hydrogen) atoms. The van der Waals surface area contributed by atoms with Gasteiger partial charge in [0.2, 0.25) is 11.8 Å². The maximum Gasteiger partial charge on any atom is 0.229 e. The van der Waals surface area contributed by atoms with Crippen LogP contribution in [-0.4, -0.2) is 34.5 Å². The summed E-state index contributed by atoms with van der Waals surface area (Å²) in [6.45, 7) is 6.92. The molecule has 0 radical (unpaired) electrons. The molecule has 0 bridgehead atoms. The first-order valence-corrected chi connectivity index (χ1v) is 7.98. The summed E-state index contributed by atoms with van der Waals surface area (Å²) in [6, 6.07) is 2.45. The molecule has 0 atom stereocenters. The van der Waals surface area contributed by atoms with E-state index in [0.29, 0.717) is 17.8 Å². The SMILES string of the molecule is Cc1cc(OC(C)C)nc(N(CCCCl)C2CCC2)n1. The molecule has 0 amide bonds. The third-order valence-corrected chi connectivity index (χ3v) is 3.75. The first-order valence-electron chi connectivity index (χ1n) is 7.45. The average molecular weight is 298 g/mol. The third kappa shape index (κ3) is 3.98. The molecule has 1 saturated carbocycles. The van der Waals surface area contributed by atoms with E-state index in [1.807, 2.05) is 26.8 Å². The highest BCUT2D eigenvalue weighted by molar-refractivity contribution is 6.17. The summed E-state index contributed by atoms with van der Waals surface area (Å²) in [4.78, 5) is 11.5. The fourth-order valence-electron chi connectivity index (χ4n) is 2.33. The van der Waals surface area contributed by atoms with Gasteiger partial charge in [0.25, 0.3) is 0 Å². The predicted octanol–water partition coefficient (Wildman–Crippen LogP) is 3.56. The number of aryl methyl sites for hydroxylation is 1. The van der Waals surface area contributed by atoms with Gasteiger partial charge in [0.15, 0.2) is 0 Å². The van der Waals surface area contributed by atoms with Gasteiger partial charge < -0.3 is 9.64 Å². The second-order valence-corrected chi connectivity index (χ2v) is 6.01. The van der Waals surface area contributed by atoms with Gasteiger partial charge in [-0.25, -0.2) is 4.98 Å². The molecule has 0 spiro atoms. The highest BCUT2D eigenvalue weighted by atomic mass is 35.5. The van der Waals surface area contributed by atoms with E-state index in [-0.39, 0.29) is 6.10 Å². The van der Waals surface area contributed by atoms with Gasteiger partial charge in [-0.1, -0.05) is 0 Å². The van der Waals surface area contributed by atoms with E-state index in [0.717, 1.165) is 24.6 Å². The Balaban J connectivity index is 2.19. The van der Waals surface area contributed by atoms with Crippen molar-refractivity contribution in [3.05, 3.63) is 11.8 Å². The molecular formula is C15H24ClN3O. The Morgan fingerprint density at radius 1 is 1.40 bits per heavy atom. The average Bonchev–Trinajstić information content (AvgIpc) is 2.30. The molecule has 1 aromatic heterocycles. The first kappa shape index (κ1) is 15.4. The summed E-state index contributed by atoms with van der Waals surface area (Å²) in [6.07, 6.45) is 4.82. The molecule has 0 aromatic carbocycles. The van der Waals surface area contributed by atoms with Crippen molar-refractivity contribution in [3.63, 3.8) is 0 Å². The second-order valence-electron chi connectivity index (χ2n) is 5.63. The molecule has 1 aliphatic rings. The van der Waals surface area contributed by atoms with Crippen LogP contribution in [0.15, 0.2) is 6.07 Å². The molecule has 1 aliphatic carbocycles. The minimum absolute atomic E-state index is 0.122. The molecule has 1 heterocycles. The number of halogens is 1. The van der Waals surface area contributed by atoms with Gasteiger partial charge in [0, 0.05) is 30.2 Å². The number of hydrogen-bond donors (Lipinski definition) is 0. The van der Waals surface area contributed by atoms with Gasteiger partial charge in [0.05, 0.1) is 6.10 Å². The lowest BCUT2D eigenvalue weighted by Gasteiger charge is -2.37. The quantitative estimate of drug-likeness (QED) is 0.721. The van der Waals surface area contributed by atoms with Crippen molar-refractivity contribution in [2.45, 2.75) is 58.6 Å². The van der Waals surface area contributed by atoms with Crippen molar-refractivity contribution in [1.29, 1.82) is 0 Å². The Labute approximate surface area is 126 Å². The largest absolute Gasteiger partial charge is 0.475 e.